The Bertz CT molecular complexity index is 400. The first-order chi connectivity index (χ1) is 7.06. The van der Waals surface area contributed by atoms with Gasteiger partial charge in [0.2, 0.25) is 0 Å². The number of thioether (sulfide) groups is 1. The van der Waals surface area contributed by atoms with Gasteiger partial charge in [-0.25, -0.2) is 12.7 Å². The Kier molecular flexibility index (Phi) is 3.35. The second-order valence-electron chi connectivity index (χ2n) is 4.76. The van der Waals surface area contributed by atoms with Gasteiger partial charge < -0.3 is 5.11 Å². The average Bonchev–Trinajstić information content (AvgIpc) is 2.12. The minimum absolute atomic E-state index is 0.168. The van der Waals surface area contributed by atoms with Crippen molar-refractivity contribution in [1.29, 1.82) is 0 Å². The summed E-state index contributed by atoms with van der Waals surface area (Å²) in [5.41, 5.74) is -1.18. The smallest absolute Gasteiger partial charge is 0.258 e. The van der Waals surface area contributed by atoms with E-state index in [0.717, 1.165) is 4.31 Å². The van der Waals surface area contributed by atoms with Crippen LogP contribution in [0.3, 0.4) is 0 Å². The lowest BCUT2D eigenvalue weighted by molar-refractivity contribution is -0.134. The molecule has 1 aliphatic rings. The molecule has 16 heavy (non-hydrogen) atoms. The maximum atomic E-state index is 11.8. The third-order valence-electron chi connectivity index (χ3n) is 2.62. The molecule has 94 valence electrons. The lowest BCUT2D eigenvalue weighted by Crippen LogP contribution is -2.69. The van der Waals surface area contributed by atoms with E-state index in [9.17, 15) is 18.3 Å². The molecule has 1 fully saturated rings. The van der Waals surface area contributed by atoms with Crippen LogP contribution < -0.4 is 0 Å². The fourth-order valence-corrected chi connectivity index (χ4v) is 3.94. The molecule has 1 amide bonds. The summed E-state index contributed by atoms with van der Waals surface area (Å²) >= 11 is 1.40. The van der Waals surface area contributed by atoms with E-state index in [2.05, 4.69) is 0 Å². The number of carbonyl (C=O) groups excluding carboxylic acids is 1. The monoisotopic (exact) mass is 267 g/mol. The summed E-state index contributed by atoms with van der Waals surface area (Å²) in [6.07, 6.45) is 1.81. The first-order valence-corrected chi connectivity index (χ1v) is 7.68. The summed E-state index contributed by atoms with van der Waals surface area (Å²) in [4.78, 5) is 11.6. The Hall–Kier alpha value is -0.270. The number of rotatable bonds is 4. The van der Waals surface area contributed by atoms with Crippen molar-refractivity contribution in [2.24, 2.45) is 0 Å². The van der Waals surface area contributed by atoms with Crippen LogP contribution >= 0.6 is 11.8 Å². The van der Waals surface area contributed by atoms with Crippen molar-refractivity contribution in [2.45, 2.75) is 31.1 Å². The molecule has 7 heteroatoms. The third kappa shape index (κ3) is 1.96. The van der Waals surface area contributed by atoms with Crippen LogP contribution in [0.1, 0.15) is 20.8 Å². The van der Waals surface area contributed by atoms with Crippen LogP contribution in [-0.4, -0.2) is 52.6 Å². The molecule has 0 spiro atoms. The van der Waals surface area contributed by atoms with Crippen molar-refractivity contribution in [2.75, 3.05) is 18.6 Å². The first kappa shape index (κ1) is 13.8. The van der Waals surface area contributed by atoms with Gasteiger partial charge in [-0.1, -0.05) is 0 Å². The molecule has 5 nitrogen and oxygen atoms in total. The number of sulfonamides is 1. The summed E-state index contributed by atoms with van der Waals surface area (Å²) in [5, 5.41) is 9.89. The second-order valence-corrected chi connectivity index (χ2v) is 8.03. The molecular weight excluding hydrogens is 250 g/mol. The molecule has 0 bridgehead atoms. The van der Waals surface area contributed by atoms with Gasteiger partial charge in [-0.15, -0.1) is 0 Å². The number of aliphatic hydroxyl groups is 1. The molecule has 0 aromatic rings. The first-order valence-electron chi connectivity index (χ1n) is 4.84. The van der Waals surface area contributed by atoms with Crippen LogP contribution in [0, 0.1) is 0 Å². The fraction of sp³-hybridized carbons (Fsp3) is 0.889. The Morgan fingerprint density at radius 2 is 2.00 bits per heavy atom. The summed E-state index contributed by atoms with van der Waals surface area (Å²) in [5.74, 6) is -0.0684. The maximum Gasteiger partial charge on any atom is 0.258 e. The molecule has 0 aromatic heterocycles. The van der Waals surface area contributed by atoms with Gasteiger partial charge in [0, 0.05) is 5.75 Å². The summed E-state index contributed by atoms with van der Waals surface area (Å²) in [6, 6.07) is 0. The molecule has 1 N–H and O–H groups in total. The predicted molar refractivity (Wildman–Crippen MR) is 63.7 cm³/mol. The third-order valence-corrected chi connectivity index (χ3v) is 5.87. The molecule has 0 saturated carbocycles. The van der Waals surface area contributed by atoms with Crippen molar-refractivity contribution >= 4 is 27.7 Å². The van der Waals surface area contributed by atoms with Gasteiger partial charge in [0.25, 0.3) is 15.9 Å². The van der Waals surface area contributed by atoms with Crippen LogP contribution in [0.2, 0.25) is 0 Å². The molecule has 1 aliphatic heterocycles. The minimum atomic E-state index is -3.59. The van der Waals surface area contributed by atoms with E-state index in [4.69, 9.17) is 0 Å². The fourth-order valence-electron chi connectivity index (χ4n) is 1.58. The summed E-state index contributed by atoms with van der Waals surface area (Å²) < 4.78 is 22.9. The highest BCUT2D eigenvalue weighted by atomic mass is 32.2. The standard InChI is InChI=1S/C9H17NO4S2/c1-8(2)7(11)10(16(8,13)14)5-9(3,12)6-15-4/h12H,5-6H2,1-4H3. The van der Waals surface area contributed by atoms with E-state index >= 15 is 0 Å². The van der Waals surface area contributed by atoms with Crippen LogP contribution in [0.15, 0.2) is 0 Å². The Morgan fingerprint density at radius 1 is 1.50 bits per heavy atom. The van der Waals surface area contributed by atoms with Gasteiger partial charge >= 0.3 is 0 Å². The van der Waals surface area contributed by atoms with Gasteiger partial charge in [0.05, 0.1) is 12.1 Å². The lowest BCUT2D eigenvalue weighted by Gasteiger charge is -2.45. The number of hydrogen-bond donors (Lipinski definition) is 1. The van der Waals surface area contributed by atoms with E-state index in [-0.39, 0.29) is 6.54 Å². The number of β-amino-alcohol motifs (C(OH)–C–C–N with tert-alkyl or cyclic N) is 1. The van der Waals surface area contributed by atoms with Gasteiger partial charge in [0.1, 0.15) is 0 Å². The Balaban J connectivity index is 2.84. The zero-order chi connectivity index (χ0) is 12.8. The quantitative estimate of drug-likeness (QED) is 0.779. The zero-order valence-corrected chi connectivity index (χ0v) is 11.5. The lowest BCUT2D eigenvalue weighted by atomic mass is 10.1. The van der Waals surface area contributed by atoms with E-state index in [1.165, 1.54) is 32.5 Å². The zero-order valence-electron chi connectivity index (χ0n) is 9.85. The van der Waals surface area contributed by atoms with E-state index in [0.29, 0.717) is 5.75 Å². The molecule has 1 rings (SSSR count). The Labute approximate surface area is 100 Å². The molecule has 1 unspecified atom stereocenters. The van der Waals surface area contributed by atoms with Crippen molar-refractivity contribution < 1.29 is 18.3 Å². The van der Waals surface area contributed by atoms with Crippen LogP contribution in [0.25, 0.3) is 0 Å². The molecule has 0 aromatic carbocycles. The molecule has 1 atom stereocenters. The number of carbonyl (C=O) groups is 1. The van der Waals surface area contributed by atoms with E-state index in [1.54, 1.807) is 0 Å². The van der Waals surface area contributed by atoms with Crippen LogP contribution in [-0.2, 0) is 14.8 Å². The predicted octanol–water partition coefficient (Wildman–Crippen LogP) is 0.0510. The largest absolute Gasteiger partial charge is 0.387 e. The van der Waals surface area contributed by atoms with Crippen LogP contribution in [0.5, 0.6) is 0 Å². The number of hydrogen-bond acceptors (Lipinski definition) is 5. The molecule has 0 radical (unpaired) electrons. The molecule has 1 heterocycles. The Morgan fingerprint density at radius 3 is 2.38 bits per heavy atom. The molecular formula is C9H17NO4S2. The van der Waals surface area contributed by atoms with E-state index in [1.807, 2.05) is 6.26 Å². The normalized spacial score (nSPS) is 26.1. The number of nitrogens with zero attached hydrogens (tertiary/aromatic N) is 1. The van der Waals surface area contributed by atoms with Gasteiger partial charge in [-0.2, -0.15) is 11.8 Å². The van der Waals surface area contributed by atoms with Crippen molar-refractivity contribution in [3.63, 3.8) is 0 Å². The van der Waals surface area contributed by atoms with Crippen molar-refractivity contribution in [1.82, 2.24) is 4.31 Å². The van der Waals surface area contributed by atoms with Crippen molar-refractivity contribution in [3.05, 3.63) is 0 Å². The second kappa shape index (κ2) is 3.89. The minimum Gasteiger partial charge on any atom is -0.387 e. The number of amides is 1. The van der Waals surface area contributed by atoms with E-state index < -0.39 is 26.3 Å². The highest BCUT2D eigenvalue weighted by Crippen LogP contribution is 2.36. The average molecular weight is 267 g/mol. The van der Waals surface area contributed by atoms with Gasteiger partial charge in [0.15, 0.2) is 4.75 Å². The molecule has 0 aliphatic carbocycles. The summed E-state index contributed by atoms with van der Waals surface area (Å²) in [7, 11) is -3.59. The van der Waals surface area contributed by atoms with Crippen molar-refractivity contribution in [3.8, 4) is 0 Å². The summed E-state index contributed by atoms with van der Waals surface area (Å²) in [6.45, 7) is 4.12. The van der Waals surface area contributed by atoms with Gasteiger partial charge in [-0.05, 0) is 27.0 Å². The maximum absolute atomic E-state index is 11.8. The topological polar surface area (TPSA) is 74.7 Å². The van der Waals surface area contributed by atoms with Crippen LogP contribution in [0.4, 0.5) is 0 Å². The highest BCUT2D eigenvalue weighted by Gasteiger charge is 2.61. The van der Waals surface area contributed by atoms with Gasteiger partial charge in [-0.3, -0.25) is 4.79 Å². The SMILES string of the molecule is CSCC(C)(O)CN1C(=O)C(C)(C)S1(=O)=O. The molecule has 1 saturated heterocycles. The highest BCUT2D eigenvalue weighted by molar-refractivity contribution is 7.98.